The zero-order valence-electron chi connectivity index (χ0n) is 9.31. The van der Waals surface area contributed by atoms with Gasteiger partial charge in [0.1, 0.15) is 0 Å². The van der Waals surface area contributed by atoms with Crippen LogP contribution in [0.5, 0.6) is 0 Å². The van der Waals surface area contributed by atoms with Gasteiger partial charge in [-0.25, -0.2) is 0 Å². The normalized spacial score (nSPS) is 23.2. The van der Waals surface area contributed by atoms with Crippen molar-refractivity contribution in [1.82, 2.24) is 4.90 Å². The molecule has 15 heavy (non-hydrogen) atoms. The summed E-state index contributed by atoms with van der Waals surface area (Å²) < 4.78 is 0. The van der Waals surface area contributed by atoms with Crippen molar-refractivity contribution in [3.05, 3.63) is 35.9 Å². The van der Waals surface area contributed by atoms with Crippen LogP contribution < -0.4 is 0 Å². The van der Waals surface area contributed by atoms with Gasteiger partial charge in [-0.3, -0.25) is 4.79 Å². The number of benzene rings is 1. The fraction of sp³-hybridized carbons (Fsp3) is 0.462. The molecule has 1 saturated heterocycles. The van der Waals surface area contributed by atoms with Crippen LogP contribution in [-0.4, -0.2) is 16.8 Å². The third-order valence-electron chi connectivity index (χ3n) is 3.24. The van der Waals surface area contributed by atoms with Crippen LogP contribution in [0, 0.1) is 0 Å². The molecule has 0 saturated carbocycles. The summed E-state index contributed by atoms with van der Waals surface area (Å²) in [6.45, 7) is 4.24. The average Bonchev–Trinajstić information content (AvgIpc) is 2.59. The predicted octanol–water partition coefficient (Wildman–Crippen LogP) is 2.76. The lowest BCUT2D eigenvalue weighted by Gasteiger charge is -2.29. The highest BCUT2D eigenvalue weighted by atomic mass is 16.2. The van der Waals surface area contributed by atoms with Gasteiger partial charge in [-0.2, -0.15) is 0 Å². The summed E-state index contributed by atoms with van der Waals surface area (Å²) in [6.07, 6.45) is 1.70. The van der Waals surface area contributed by atoms with Crippen LogP contribution in [0.2, 0.25) is 0 Å². The fourth-order valence-electron chi connectivity index (χ4n) is 2.34. The first-order valence-electron chi connectivity index (χ1n) is 5.56. The molecule has 0 aromatic heterocycles. The first-order valence-corrected chi connectivity index (χ1v) is 5.56. The number of carbonyl (C=O) groups excluding carboxylic acids is 1. The van der Waals surface area contributed by atoms with Gasteiger partial charge in [0.2, 0.25) is 5.91 Å². The highest BCUT2D eigenvalue weighted by Crippen LogP contribution is 2.29. The predicted molar refractivity (Wildman–Crippen MR) is 60.4 cm³/mol. The highest BCUT2D eigenvalue weighted by molar-refractivity contribution is 5.79. The molecule has 0 radical (unpaired) electrons. The molecular formula is C13H17NO. The van der Waals surface area contributed by atoms with E-state index < -0.39 is 0 Å². The Labute approximate surface area is 90.9 Å². The van der Waals surface area contributed by atoms with Crippen molar-refractivity contribution in [2.75, 3.05) is 0 Å². The number of carbonyl (C=O) groups is 1. The molecule has 2 unspecified atom stereocenters. The minimum atomic E-state index is 0.205. The molecule has 1 amide bonds. The summed E-state index contributed by atoms with van der Waals surface area (Å²) >= 11 is 0. The average molecular weight is 203 g/mol. The molecule has 2 rings (SSSR count). The molecule has 0 bridgehead atoms. The van der Waals surface area contributed by atoms with Gasteiger partial charge in [-0.1, -0.05) is 30.3 Å². The van der Waals surface area contributed by atoms with E-state index in [0.717, 1.165) is 6.42 Å². The van der Waals surface area contributed by atoms with Crippen molar-refractivity contribution in [1.29, 1.82) is 0 Å². The summed E-state index contributed by atoms with van der Waals surface area (Å²) in [5.41, 5.74) is 1.22. The topological polar surface area (TPSA) is 20.3 Å². The second kappa shape index (κ2) is 4.05. The highest BCUT2D eigenvalue weighted by Gasteiger charge is 2.31. The Morgan fingerprint density at radius 1 is 1.33 bits per heavy atom. The molecular weight excluding hydrogens is 186 g/mol. The van der Waals surface area contributed by atoms with E-state index in [0.29, 0.717) is 18.4 Å². The van der Waals surface area contributed by atoms with Crippen LogP contribution in [0.4, 0.5) is 0 Å². The summed E-state index contributed by atoms with van der Waals surface area (Å²) in [6, 6.07) is 10.8. The van der Waals surface area contributed by atoms with E-state index in [1.807, 2.05) is 23.1 Å². The first kappa shape index (κ1) is 10.2. The van der Waals surface area contributed by atoms with Crippen molar-refractivity contribution in [2.45, 2.75) is 38.8 Å². The number of likely N-dealkylation sites (tertiary alicyclic amines) is 1. The second-order valence-corrected chi connectivity index (χ2v) is 4.28. The Kier molecular flexibility index (Phi) is 2.76. The van der Waals surface area contributed by atoms with Crippen molar-refractivity contribution in [2.24, 2.45) is 0 Å². The second-order valence-electron chi connectivity index (χ2n) is 4.28. The maximum atomic E-state index is 11.7. The Morgan fingerprint density at radius 2 is 2.00 bits per heavy atom. The minimum Gasteiger partial charge on any atom is -0.333 e. The molecule has 0 N–H and O–H groups in total. The smallest absolute Gasteiger partial charge is 0.223 e. The molecule has 1 aliphatic rings. The lowest BCUT2D eigenvalue weighted by Crippen LogP contribution is -2.33. The third-order valence-corrected chi connectivity index (χ3v) is 3.24. The maximum Gasteiger partial charge on any atom is 0.223 e. The molecule has 2 atom stereocenters. The van der Waals surface area contributed by atoms with Crippen LogP contribution in [0.1, 0.15) is 38.3 Å². The zero-order valence-corrected chi connectivity index (χ0v) is 9.31. The zero-order chi connectivity index (χ0) is 10.8. The van der Waals surface area contributed by atoms with E-state index >= 15 is 0 Å². The van der Waals surface area contributed by atoms with Crippen molar-refractivity contribution < 1.29 is 4.79 Å². The first-order chi connectivity index (χ1) is 7.20. The molecule has 2 nitrogen and oxygen atoms in total. The molecule has 1 aromatic carbocycles. The van der Waals surface area contributed by atoms with Crippen LogP contribution in [0.15, 0.2) is 30.3 Å². The Morgan fingerprint density at radius 3 is 2.53 bits per heavy atom. The van der Waals surface area contributed by atoms with Crippen molar-refractivity contribution >= 4 is 5.91 Å². The fourth-order valence-corrected chi connectivity index (χ4v) is 2.34. The van der Waals surface area contributed by atoms with E-state index in [4.69, 9.17) is 0 Å². The maximum absolute atomic E-state index is 11.7. The molecule has 1 aromatic rings. The van der Waals surface area contributed by atoms with E-state index in [-0.39, 0.29) is 6.04 Å². The van der Waals surface area contributed by atoms with Gasteiger partial charge in [0.05, 0.1) is 6.04 Å². The lowest BCUT2D eigenvalue weighted by molar-refractivity contribution is -0.130. The van der Waals surface area contributed by atoms with Gasteiger partial charge < -0.3 is 4.90 Å². The van der Waals surface area contributed by atoms with Gasteiger partial charge >= 0.3 is 0 Å². The van der Waals surface area contributed by atoms with Gasteiger partial charge in [-0.15, -0.1) is 0 Å². The standard InChI is InChI=1S/C13H17NO/c1-10-8-9-13(15)14(10)11(2)12-6-4-3-5-7-12/h3-7,10-11H,8-9H2,1-2H3. The largest absolute Gasteiger partial charge is 0.333 e. The lowest BCUT2D eigenvalue weighted by atomic mass is 10.1. The molecule has 2 heteroatoms. The monoisotopic (exact) mass is 203 g/mol. The minimum absolute atomic E-state index is 0.205. The SMILES string of the molecule is CC1CCC(=O)N1C(C)c1ccccc1. The van der Waals surface area contributed by atoms with Gasteiger partial charge in [0, 0.05) is 12.5 Å². The van der Waals surface area contributed by atoms with E-state index in [9.17, 15) is 4.79 Å². The number of rotatable bonds is 2. The van der Waals surface area contributed by atoms with Gasteiger partial charge in [-0.05, 0) is 25.8 Å². The molecule has 0 spiro atoms. The summed E-state index contributed by atoms with van der Waals surface area (Å²) in [5.74, 6) is 0.291. The van der Waals surface area contributed by atoms with Crippen LogP contribution in [0.3, 0.4) is 0 Å². The summed E-state index contributed by atoms with van der Waals surface area (Å²) in [5, 5.41) is 0. The molecule has 80 valence electrons. The molecule has 1 fully saturated rings. The molecule has 1 heterocycles. The van der Waals surface area contributed by atoms with Crippen LogP contribution in [0.25, 0.3) is 0 Å². The van der Waals surface area contributed by atoms with Gasteiger partial charge in [0.25, 0.3) is 0 Å². The summed E-state index contributed by atoms with van der Waals surface area (Å²) in [4.78, 5) is 13.7. The Hall–Kier alpha value is -1.31. The summed E-state index contributed by atoms with van der Waals surface area (Å²) in [7, 11) is 0. The molecule has 1 aliphatic heterocycles. The van der Waals surface area contributed by atoms with E-state index in [1.165, 1.54) is 5.56 Å². The quantitative estimate of drug-likeness (QED) is 0.723. The number of nitrogens with zero attached hydrogens (tertiary/aromatic N) is 1. The number of hydrogen-bond donors (Lipinski definition) is 0. The molecule has 0 aliphatic carbocycles. The number of amides is 1. The van der Waals surface area contributed by atoms with Crippen molar-refractivity contribution in [3.63, 3.8) is 0 Å². The Balaban J connectivity index is 2.21. The van der Waals surface area contributed by atoms with Crippen LogP contribution in [-0.2, 0) is 4.79 Å². The van der Waals surface area contributed by atoms with Crippen molar-refractivity contribution in [3.8, 4) is 0 Å². The van der Waals surface area contributed by atoms with E-state index in [1.54, 1.807) is 0 Å². The number of hydrogen-bond acceptors (Lipinski definition) is 1. The third kappa shape index (κ3) is 1.89. The van der Waals surface area contributed by atoms with E-state index in [2.05, 4.69) is 26.0 Å². The van der Waals surface area contributed by atoms with Crippen LogP contribution >= 0.6 is 0 Å². The Bertz CT molecular complexity index is 347. The van der Waals surface area contributed by atoms with Gasteiger partial charge in [0.15, 0.2) is 0 Å².